The Labute approximate surface area is 90.3 Å². The lowest BCUT2D eigenvalue weighted by atomic mass is 10.1. The molecule has 0 aromatic heterocycles. The van der Waals surface area contributed by atoms with Crippen LogP contribution in [0.5, 0.6) is 0 Å². The third-order valence-electron chi connectivity index (χ3n) is 2.20. The summed E-state index contributed by atoms with van der Waals surface area (Å²) >= 11 is 0. The maximum Gasteiger partial charge on any atom is 0.219 e. The molecule has 0 radical (unpaired) electrons. The van der Waals surface area contributed by atoms with Crippen molar-refractivity contribution in [3.8, 4) is 0 Å². The van der Waals surface area contributed by atoms with Crippen molar-refractivity contribution in [2.45, 2.75) is 32.0 Å². The van der Waals surface area contributed by atoms with Crippen molar-refractivity contribution in [1.82, 2.24) is 5.32 Å². The zero-order valence-electron chi connectivity index (χ0n) is 9.41. The van der Waals surface area contributed by atoms with E-state index in [0.29, 0.717) is 13.2 Å². The van der Waals surface area contributed by atoms with Crippen LogP contribution in [0, 0.1) is 0 Å². The van der Waals surface area contributed by atoms with Crippen LogP contribution in [-0.2, 0) is 14.3 Å². The summed E-state index contributed by atoms with van der Waals surface area (Å²) in [6.07, 6.45) is 0.324. The van der Waals surface area contributed by atoms with E-state index in [0.717, 1.165) is 13.1 Å². The lowest BCUT2D eigenvalue weighted by molar-refractivity contribution is -0.126. The Hall–Kier alpha value is -0.650. The molecule has 1 aliphatic heterocycles. The lowest BCUT2D eigenvalue weighted by Gasteiger charge is -2.36. The number of morpholine rings is 1. The number of rotatable bonds is 5. The molecule has 1 rings (SSSR count). The van der Waals surface area contributed by atoms with Gasteiger partial charge in [-0.1, -0.05) is 0 Å². The summed E-state index contributed by atoms with van der Waals surface area (Å²) in [5, 5.41) is 3.28. The zero-order chi connectivity index (χ0) is 11.3. The van der Waals surface area contributed by atoms with E-state index in [2.05, 4.69) is 5.32 Å². The van der Waals surface area contributed by atoms with Crippen LogP contribution in [0.2, 0.25) is 0 Å². The maximum atomic E-state index is 10.5. The Morgan fingerprint density at radius 1 is 1.67 bits per heavy atom. The summed E-state index contributed by atoms with van der Waals surface area (Å²) in [5.74, 6) is -0.335. The average molecular weight is 216 g/mol. The highest BCUT2D eigenvalue weighted by Gasteiger charge is 2.28. The van der Waals surface area contributed by atoms with Crippen molar-refractivity contribution in [3.05, 3.63) is 0 Å². The molecule has 1 amide bonds. The summed E-state index contributed by atoms with van der Waals surface area (Å²) in [7, 11) is 0. The second-order valence-electron chi connectivity index (χ2n) is 4.42. The Kier molecular flexibility index (Phi) is 4.50. The number of nitrogens with one attached hydrogen (secondary N) is 1. The molecule has 15 heavy (non-hydrogen) atoms. The number of carbonyl (C=O) groups is 1. The molecule has 0 aromatic rings. The van der Waals surface area contributed by atoms with E-state index >= 15 is 0 Å². The minimum atomic E-state index is -0.335. The fraction of sp³-hybridized carbons (Fsp3) is 0.900. The van der Waals surface area contributed by atoms with Crippen LogP contribution in [0.1, 0.15) is 20.3 Å². The molecule has 1 saturated heterocycles. The van der Waals surface area contributed by atoms with Crippen LogP contribution in [0.4, 0.5) is 0 Å². The minimum absolute atomic E-state index is 0.0571. The molecule has 1 unspecified atom stereocenters. The van der Waals surface area contributed by atoms with Gasteiger partial charge in [0.15, 0.2) is 0 Å². The van der Waals surface area contributed by atoms with Crippen molar-refractivity contribution in [2.75, 3.05) is 26.3 Å². The van der Waals surface area contributed by atoms with Gasteiger partial charge < -0.3 is 20.5 Å². The van der Waals surface area contributed by atoms with E-state index in [9.17, 15) is 4.79 Å². The first-order chi connectivity index (χ1) is 6.99. The van der Waals surface area contributed by atoms with Crippen molar-refractivity contribution < 1.29 is 14.3 Å². The van der Waals surface area contributed by atoms with Gasteiger partial charge >= 0.3 is 0 Å². The SMILES string of the molecule is CC1(C)CNCC(COCCC(N)=O)O1. The standard InChI is InChI=1S/C10H20N2O3/c1-10(2)7-12-5-8(15-10)6-14-4-3-9(11)13/h8,12H,3-7H2,1-2H3,(H2,11,13). The van der Waals surface area contributed by atoms with Gasteiger partial charge in [0.25, 0.3) is 0 Å². The molecule has 0 bridgehead atoms. The average Bonchev–Trinajstić information content (AvgIpc) is 2.10. The van der Waals surface area contributed by atoms with E-state index in [1.54, 1.807) is 0 Å². The van der Waals surface area contributed by atoms with Crippen molar-refractivity contribution in [1.29, 1.82) is 0 Å². The monoisotopic (exact) mass is 216 g/mol. The molecule has 5 heteroatoms. The van der Waals surface area contributed by atoms with Gasteiger partial charge in [0.1, 0.15) is 0 Å². The van der Waals surface area contributed by atoms with E-state index in [4.69, 9.17) is 15.2 Å². The van der Waals surface area contributed by atoms with E-state index in [1.165, 1.54) is 0 Å². The van der Waals surface area contributed by atoms with Gasteiger partial charge in [-0.2, -0.15) is 0 Å². The highest BCUT2D eigenvalue weighted by molar-refractivity contribution is 5.73. The Morgan fingerprint density at radius 3 is 3.00 bits per heavy atom. The molecule has 1 heterocycles. The second-order valence-corrected chi connectivity index (χ2v) is 4.42. The van der Waals surface area contributed by atoms with Gasteiger partial charge in [0, 0.05) is 19.5 Å². The second kappa shape index (κ2) is 5.44. The Balaban J connectivity index is 2.13. The molecular formula is C10H20N2O3. The topological polar surface area (TPSA) is 73.6 Å². The molecule has 0 saturated carbocycles. The number of carbonyl (C=O) groups excluding carboxylic acids is 1. The van der Waals surface area contributed by atoms with Crippen LogP contribution in [0.15, 0.2) is 0 Å². The molecular weight excluding hydrogens is 196 g/mol. The quantitative estimate of drug-likeness (QED) is 0.616. The highest BCUT2D eigenvalue weighted by Crippen LogP contribution is 2.15. The first-order valence-electron chi connectivity index (χ1n) is 5.24. The number of hydrogen-bond acceptors (Lipinski definition) is 4. The third-order valence-corrected chi connectivity index (χ3v) is 2.20. The molecule has 1 atom stereocenters. The summed E-state index contributed by atoms with van der Waals surface area (Å²) in [6, 6.07) is 0. The Morgan fingerprint density at radius 2 is 2.40 bits per heavy atom. The number of primary amides is 1. The number of nitrogens with two attached hydrogens (primary N) is 1. The molecule has 0 spiro atoms. The molecule has 1 aliphatic rings. The van der Waals surface area contributed by atoms with E-state index in [-0.39, 0.29) is 24.0 Å². The largest absolute Gasteiger partial charge is 0.378 e. The fourth-order valence-electron chi connectivity index (χ4n) is 1.55. The van der Waals surface area contributed by atoms with Crippen LogP contribution in [0.25, 0.3) is 0 Å². The van der Waals surface area contributed by atoms with Gasteiger partial charge in [-0.25, -0.2) is 0 Å². The van der Waals surface area contributed by atoms with E-state index in [1.807, 2.05) is 13.8 Å². The predicted octanol–water partition coefficient (Wildman–Crippen LogP) is -0.355. The number of hydrogen-bond donors (Lipinski definition) is 2. The van der Waals surface area contributed by atoms with Gasteiger partial charge in [0.05, 0.1) is 24.9 Å². The molecule has 0 aromatic carbocycles. The molecule has 5 nitrogen and oxygen atoms in total. The van der Waals surface area contributed by atoms with Gasteiger partial charge in [0.2, 0.25) is 5.91 Å². The fourth-order valence-corrected chi connectivity index (χ4v) is 1.55. The summed E-state index contributed by atoms with van der Waals surface area (Å²) in [4.78, 5) is 10.5. The van der Waals surface area contributed by atoms with Gasteiger partial charge in [-0.3, -0.25) is 4.79 Å². The van der Waals surface area contributed by atoms with E-state index < -0.39 is 0 Å². The van der Waals surface area contributed by atoms with Crippen LogP contribution >= 0.6 is 0 Å². The normalized spacial score (nSPS) is 25.1. The number of ether oxygens (including phenoxy) is 2. The van der Waals surface area contributed by atoms with Crippen LogP contribution in [-0.4, -0.2) is 43.9 Å². The number of amides is 1. The smallest absolute Gasteiger partial charge is 0.219 e. The van der Waals surface area contributed by atoms with Crippen molar-refractivity contribution >= 4 is 5.91 Å². The van der Waals surface area contributed by atoms with Gasteiger partial charge in [-0.05, 0) is 13.8 Å². The summed E-state index contributed by atoms with van der Waals surface area (Å²) < 4.78 is 11.1. The molecule has 1 fully saturated rings. The van der Waals surface area contributed by atoms with Crippen LogP contribution < -0.4 is 11.1 Å². The summed E-state index contributed by atoms with van der Waals surface area (Å²) in [6.45, 7) is 6.59. The maximum absolute atomic E-state index is 10.5. The zero-order valence-corrected chi connectivity index (χ0v) is 9.41. The first kappa shape index (κ1) is 12.4. The lowest BCUT2D eigenvalue weighted by Crippen LogP contribution is -2.51. The molecule has 88 valence electrons. The minimum Gasteiger partial charge on any atom is -0.378 e. The predicted molar refractivity (Wildman–Crippen MR) is 56.5 cm³/mol. The molecule has 0 aliphatic carbocycles. The first-order valence-corrected chi connectivity index (χ1v) is 5.24. The van der Waals surface area contributed by atoms with Crippen molar-refractivity contribution in [3.63, 3.8) is 0 Å². The van der Waals surface area contributed by atoms with Gasteiger partial charge in [-0.15, -0.1) is 0 Å². The van der Waals surface area contributed by atoms with Crippen molar-refractivity contribution in [2.24, 2.45) is 5.73 Å². The Bertz CT molecular complexity index is 219. The summed E-state index contributed by atoms with van der Waals surface area (Å²) in [5.41, 5.74) is 4.85. The third kappa shape index (κ3) is 5.11. The molecule has 3 N–H and O–H groups in total. The van der Waals surface area contributed by atoms with Crippen LogP contribution in [0.3, 0.4) is 0 Å². The highest BCUT2D eigenvalue weighted by atomic mass is 16.5.